The van der Waals surface area contributed by atoms with E-state index in [-0.39, 0.29) is 11.3 Å². The number of amides is 1. The average molecular weight is 503 g/mol. The molecule has 4 aromatic rings. The topological polar surface area (TPSA) is 34.5 Å². The molecule has 1 amide bonds. The quantitative estimate of drug-likeness (QED) is 0.269. The minimum Gasteiger partial charge on any atom is -0.410 e. The minimum atomic E-state index is -0.727. The van der Waals surface area contributed by atoms with Gasteiger partial charge in [-0.1, -0.05) is 29.3 Å². The number of hydrogen-bond donors (Lipinski definition) is 0. The fourth-order valence-electron chi connectivity index (χ4n) is 3.97. The van der Waals surface area contributed by atoms with E-state index in [1.807, 2.05) is 30.7 Å². The van der Waals surface area contributed by atoms with Gasteiger partial charge in [0.25, 0.3) is 0 Å². The van der Waals surface area contributed by atoms with Crippen molar-refractivity contribution in [2.45, 2.75) is 20.4 Å². The Kier molecular flexibility index (Phi) is 7.10. The summed E-state index contributed by atoms with van der Waals surface area (Å²) in [7, 11) is 0. The number of hydrogen-bond acceptors (Lipinski definition) is 2. The lowest BCUT2D eigenvalue weighted by atomic mass is 10.00. The molecule has 3 aromatic carbocycles. The van der Waals surface area contributed by atoms with Crippen molar-refractivity contribution in [3.8, 4) is 16.9 Å². The van der Waals surface area contributed by atoms with E-state index in [0.717, 1.165) is 17.1 Å². The summed E-state index contributed by atoms with van der Waals surface area (Å²) < 4.78 is 35.9. The molecule has 0 aliphatic heterocycles. The Labute approximate surface area is 206 Å². The lowest BCUT2D eigenvalue weighted by Crippen LogP contribution is -2.33. The molecule has 0 saturated carbocycles. The fourth-order valence-corrected chi connectivity index (χ4v) is 4.48. The van der Waals surface area contributed by atoms with Crippen LogP contribution in [0.4, 0.5) is 13.6 Å². The van der Waals surface area contributed by atoms with Gasteiger partial charge >= 0.3 is 6.09 Å². The van der Waals surface area contributed by atoms with Crippen LogP contribution >= 0.6 is 23.2 Å². The van der Waals surface area contributed by atoms with E-state index in [9.17, 15) is 13.6 Å². The van der Waals surface area contributed by atoms with Gasteiger partial charge in [0, 0.05) is 57.4 Å². The maximum absolute atomic E-state index is 14.1. The second-order valence-corrected chi connectivity index (χ2v) is 8.53. The summed E-state index contributed by atoms with van der Waals surface area (Å²) in [6, 6.07) is 13.8. The summed E-state index contributed by atoms with van der Waals surface area (Å²) in [5.41, 5.74) is 2.19. The first-order valence-electron chi connectivity index (χ1n) is 10.8. The normalized spacial score (nSPS) is 11.1. The van der Waals surface area contributed by atoms with Crippen molar-refractivity contribution >= 4 is 40.2 Å². The minimum absolute atomic E-state index is 0.211. The lowest BCUT2D eigenvalue weighted by Gasteiger charge is -2.20. The lowest BCUT2D eigenvalue weighted by molar-refractivity contribution is 0.157. The van der Waals surface area contributed by atoms with Crippen LogP contribution in [-0.2, 0) is 6.54 Å². The van der Waals surface area contributed by atoms with E-state index >= 15 is 0 Å². The summed E-state index contributed by atoms with van der Waals surface area (Å²) in [4.78, 5) is 14.2. The third kappa shape index (κ3) is 4.74. The van der Waals surface area contributed by atoms with Gasteiger partial charge in [0.2, 0.25) is 0 Å². The summed E-state index contributed by atoms with van der Waals surface area (Å²) >= 11 is 12.7. The Morgan fingerprint density at radius 1 is 0.971 bits per heavy atom. The molecule has 1 heterocycles. The Morgan fingerprint density at radius 2 is 1.62 bits per heavy atom. The van der Waals surface area contributed by atoms with Gasteiger partial charge in [-0.25, -0.2) is 13.6 Å². The highest BCUT2D eigenvalue weighted by Crippen LogP contribution is 2.39. The van der Waals surface area contributed by atoms with Crippen molar-refractivity contribution in [3.63, 3.8) is 0 Å². The standard InChI is InChI=1S/C26H22Cl2F2N2O2/c1-3-31(4-2)26(33)34-24-9-8-23-19(25(24)16-12-17(29)14-18(30)13-16)10-11-32(23)15-20-21(27)6-5-7-22(20)28/h5-14H,3-4,15H2,1-2H3. The summed E-state index contributed by atoms with van der Waals surface area (Å²) in [5.74, 6) is -1.24. The smallest absolute Gasteiger partial charge is 0.410 e. The Morgan fingerprint density at radius 3 is 2.24 bits per heavy atom. The highest BCUT2D eigenvalue weighted by Gasteiger charge is 2.20. The number of aromatic nitrogens is 1. The van der Waals surface area contributed by atoms with Gasteiger partial charge in [0.05, 0.1) is 6.54 Å². The molecule has 1 aromatic heterocycles. The third-order valence-corrected chi connectivity index (χ3v) is 6.38. The first-order chi connectivity index (χ1) is 16.3. The zero-order chi connectivity index (χ0) is 24.4. The van der Waals surface area contributed by atoms with Crippen LogP contribution in [0.3, 0.4) is 0 Å². The summed E-state index contributed by atoms with van der Waals surface area (Å²) in [5, 5.41) is 1.73. The molecule has 0 unspecified atom stereocenters. The molecule has 0 radical (unpaired) electrons. The molecule has 0 spiro atoms. The van der Waals surface area contributed by atoms with Crippen LogP contribution in [0.25, 0.3) is 22.0 Å². The van der Waals surface area contributed by atoms with Crippen LogP contribution in [0.5, 0.6) is 5.75 Å². The van der Waals surface area contributed by atoms with Gasteiger partial charge in [0.15, 0.2) is 0 Å². The van der Waals surface area contributed by atoms with Gasteiger partial charge < -0.3 is 14.2 Å². The summed E-state index contributed by atoms with van der Waals surface area (Å²) in [6.45, 7) is 5.01. The number of benzene rings is 3. The summed E-state index contributed by atoms with van der Waals surface area (Å²) in [6.07, 6.45) is 1.30. The molecular formula is C26H22Cl2F2N2O2. The number of halogens is 4. The van der Waals surface area contributed by atoms with Crippen molar-refractivity contribution in [3.05, 3.63) is 88.0 Å². The molecule has 34 heavy (non-hydrogen) atoms. The van der Waals surface area contributed by atoms with E-state index in [2.05, 4.69) is 0 Å². The number of ether oxygens (including phenoxy) is 1. The van der Waals surface area contributed by atoms with Crippen molar-refractivity contribution in [1.82, 2.24) is 9.47 Å². The highest BCUT2D eigenvalue weighted by atomic mass is 35.5. The molecule has 8 heteroatoms. The zero-order valence-corrected chi connectivity index (χ0v) is 20.1. The molecule has 0 fully saturated rings. The van der Waals surface area contributed by atoms with E-state index in [1.165, 1.54) is 17.0 Å². The zero-order valence-electron chi connectivity index (χ0n) is 18.6. The van der Waals surface area contributed by atoms with Crippen molar-refractivity contribution in [1.29, 1.82) is 0 Å². The van der Waals surface area contributed by atoms with Gasteiger partial charge in [-0.3, -0.25) is 0 Å². The molecule has 0 N–H and O–H groups in total. The van der Waals surface area contributed by atoms with E-state index in [1.54, 1.807) is 30.3 Å². The second kappa shape index (κ2) is 10.0. The van der Waals surface area contributed by atoms with E-state index in [0.29, 0.717) is 40.6 Å². The fraction of sp³-hybridized carbons (Fsp3) is 0.192. The molecule has 176 valence electrons. The molecule has 0 aliphatic rings. The average Bonchev–Trinajstić information content (AvgIpc) is 3.19. The third-order valence-electron chi connectivity index (χ3n) is 5.68. The van der Waals surface area contributed by atoms with Crippen LogP contribution in [0.1, 0.15) is 19.4 Å². The first kappa shape index (κ1) is 24.0. The molecule has 4 rings (SSSR count). The van der Waals surface area contributed by atoms with Crippen LogP contribution in [-0.4, -0.2) is 28.6 Å². The van der Waals surface area contributed by atoms with Gasteiger partial charge in [-0.05, 0) is 61.9 Å². The Bertz CT molecular complexity index is 1330. The van der Waals surface area contributed by atoms with Gasteiger partial charge in [-0.15, -0.1) is 0 Å². The SMILES string of the molecule is CCN(CC)C(=O)Oc1ccc2c(ccn2Cc2c(Cl)cccc2Cl)c1-c1cc(F)cc(F)c1. The van der Waals surface area contributed by atoms with Crippen molar-refractivity contribution in [2.75, 3.05) is 13.1 Å². The Hall–Kier alpha value is -3.09. The van der Waals surface area contributed by atoms with Crippen molar-refractivity contribution in [2.24, 2.45) is 0 Å². The maximum Gasteiger partial charge on any atom is 0.415 e. The van der Waals surface area contributed by atoms with Crippen molar-refractivity contribution < 1.29 is 18.3 Å². The van der Waals surface area contributed by atoms with Crippen LogP contribution in [0, 0.1) is 11.6 Å². The predicted molar refractivity (Wildman–Crippen MR) is 132 cm³/mol. The number of rotatable bonds is 6. The number of carbonyl (C=O) groups is 1. The van der Waals surface area contributed by atoms with E-state index < -0.39 is 17.7 Å². The number of carbonyl (C=O) groups excluding carboxylic acids is 1. The van der Waals surface area contributed by atoms with Crippen LogP contribution in [0.2, 0.25) is 10.0 Å². The molecule has 0 bridgehead atoms. The monoisotopic (exact) mass is 502 g/mol. The molecule has 0 saturated heterocycles. The van der Waals surface area contributed by atoms with E-state index in [4.69, 9.17) is 27.9 Å². The number of nitrogens with zero attached hydrogens (tertiary/aromatic N) is 2. The predicted octanol–water partition coefficient (Wildman–Crippen LogP) is 7.78. The number of fused-ring (bicyclic) bond motifs is 1. The van der Waals surface area contributed by atoms with Gasteiger partial charge in [0.1, 0.15) is 17.4 Å². The van der Waals surface area contributed by atoms with Crippen LogP contribution in [0.15, 0.2) is 60.8 Å². The highest BCUT2D eigenvalue weighted by molar-refractivity contribution is 6.36. The molecule has 0 aliphatic carbocycles. The Balaban J connectivity index is 1.87. The second-order valence-electron chi connectivity index (χ2n) is 7.71. The van der Waals surface area contributed by atoms with Crippen LogP contribution < -0.4 is 4.74 Å². The molecule has 0 atom stereocenters. The molecule has 4 nitrogen and oxygen atoms in total. The largest absolute Gasteiger partial charge is 0.415 e. The maximum atomic E-state index is 14.1. The van der Waals surface area contributed by atoms with Gasteiger partial charge in [-0.2, -0.15) is 0 Å². The first-order valence-corrected chi connectivity index (χ1v) is 11.6. The molecular weight excluding hydrogens is 481 g/mol.